The summed E-state index contributed by atoms with van der Waals surface area (Å²) in [6.07, 6.45) is 9.64. The number of likely N-dealkylation sites (N-methyl/N-ethyl adjacent to an activating group) is 1. The molecule has 2 fully saturated rings. The monoisotopic (exact) mass is 430 g/mol. The molecule has 8 nitrogen and oxygen atoms in total. The summed E-state index contributed by atoms with van der Waals surface area (Å²) in [5.74, 6) is 0.720. The zero-order valence-electron chi connectivity index (χ0n) is 19.2. The van der Waals surface area contributed by atoms with Crippen LogP contribution in [0.15, 0.2) is 17.3 Å². The molecule has 0 aromatic rings. The Labute approximate surface area is 186 Å². The van der Waals surface area contributed by atoms with E-state index in [9.17, 15) is 9.59 Å². The molecule has 8 heteroatoms. The van der Waals surface area contributed by atoms with Crippen molar-refractivity contribution < 1.29 is 9.59 Å². The van der Waals surface area contributed by atoms with Gasteiger partial charge in [-0.25, -0.2) is 5.01 Å². The molecule has 0 aromatic carbocycles. The second-order valence-corrected chi connectivity index (χ2v) is 9.69. The summed E-state index contributed by atoms with van der Waals surface area (Å²) < 4.78 is 0. The zero-order chi connectivity index (χ0) is 21.8. The van der Waals surface area contributed by atoms with E-state index in [0.29, 0.717) is 6.54 Å². The predicted octanol–water partition coefficient (Wildman–Crippen LogP) is 0.567. The lowest BCUT2D eigenvalue weighted by Crippen LogP contribution is -2.54. The number of nitrogens with zero attached hydrogens (tertiary/aromatic N) is 6. The van der Waals surface area contributed by atoms with Crippen LogP contribution in [-0.4, -0.2) is 122 Å². The lowest BCUT2D eigenvalue weighted by atomic mass is 9.82. The van der Waals surface area contributed by atoms with Gasteiger partial charge in [-0.1, -0.05) is 12.2 Å². The van der Waals surface area contributed by atoms with E-state index in [1.165, 1.54) is 0 Å². The Hall–Kier alpha value is -1.77. The molecule has 0 radical (unpaired) electrons. The van der Waals surface area contributed by atoms with Gasteiger partial charge in [-0.2, -0.15) is 5.10 Å². The molecule has 0 saturated carbocycles. The topological polar surface area (TPSA) is 62.7 Å². The largest absolute Gasteiger partial charge is 0.341 e. The second kappa shape index (κ2) is 10.2. The maximum absolute atomic E-state index is 12.9. The number of hydrazone groups is 1. The van der Waals surface area contributed by atoms with Gasteiger partial charge in [0.15, 0.2) is 0 Å². The van der Waals surface area contributed by atoms with Crippen LogP contribution >= 0.6 is 0 Å². The third kappa shape index (κ3) is 5.54. The smallest absolute Gasteiger partial charge is 0.246 e. The number of hydrogen-bond acceptors (Lipinski definition) is 6. The summed E-state index contributed by atoms with van der Waals surface area (Å²) in [6.45, 7) is 8.13. The standard InChI is InChI=1S/C23H38N6O2/c1-25(2)11-12-26-13-15-27(16-14-26)18-22(30)28-9-7-20(8-10-28)29-23(31)21-6-4-3-5-19(21)17-24-29/h3-4,17,19-21H,5-16,18H2,1-2H3. The predicted molar refractivity (Wildman–Crippen MR) is 122 cm³/mol. The molecule has 4 rings (SSSR count). The Morgan fingerprint density at radius 2 is 1.71 bits per heavy atom. The molecule has 2 saturated heterocycles. The van der Waals surface area contributed by atoms with E-state index in [-0.39, 0.29) is 29.7 Å². The van der Waals surface area contributed by atoms with Gasteiger partial charge in [0, 0.05) is 64.5 Å². The van der Waals surface area contributed by atoms with Gasteiger partial charge in [-0.3, -0.25) is 19.4 Å². The van der Waals surface area contributed by atoms with Crippen molar-refractivity contribution in [3.8, 4) is 0 Å². The van der Waals surface area contributed by atoms with E-state index < -0.39 is 0 Å². The van der Waals surface area contributed by atoms with Crippen molar-refractivity contribution in [1.82, 2.24) is 24.6 Å². The molecular weight excluding hydrogens is 392 g/mol. The van der Waals surface area contributed by atoms with Gasteiger partial charge in [0.1, 0.15) is 0 Å². The maximum atomic E-state index is 12.9. The number of carbonyl (C=O) groups excluding carboxylic acids is 2. The molecule has 2 amide bonds. The number of piperidine rings is 1. The minimum absolute atomic E-state index is 0.0542. The average molecular weight is 431 g/mol. The van der Waals surface area contributed by atoms with Crippen LogP contribution in [0.1, 0.15) is 25.7 Å². The van der Waals surface area contributed by atoms with Gasteiger partial charge in [-0.15, -0.1) is 0 Å². The number of fused-ring (bicyclic) bond motifs is 1. The molecule has 1 aliphatic carbocycles. The molecule has 4 aliphatic rings. The number of rotatable bonds is 6. The van der Waals surface area contributed by atoms with E-state index in [1.54, 1.807) is 5.01 Å². The lowest BCUT2D eigenvalue weighted by Gasteiger charge is -2.41. The van der Waals surface area contributed by atoms with E-state index >= 15 is 0 Å². The minimum Gasteiger partial charge on any atom is -0.341 e. The van der Waals surface area contributed by atoms with E-state index in [4.69, 9.17) is 0 Å². The summed E-state index contributed by atoms with van der Waals surface area (Å²) in [5.41, 5.74) is 0. The maximum Gasteiger partial charge on any atom is 0.246 e. The number of amides is 2. The first-order valence-electron chi connectivity index (χ1n) is 11.9. The first-order valence-corrected chi connectivity index (χ1v) is 11.9. The lowest BCUT2D eigenvalue weighted by molar-refractivity contribution is -0.142. The average Bonchev–Trinajstić information content (AvgIpc) is 2.79. The number of hydrogen-bond donors (Lipinski definition) is 0. The van der Waals surface area contributed by atoms with Crippen LogP contribution in [0.25, 0.3) is 0 Å². The summed E-state index contributed by atoms with van der Waals surface area (Å²) in [7, 11) is 4.21. The highest BCUT2D eigenvalue weighted by Crippen LogP contribution is 2.31. The van der Waals surface area contributed by atoms with Crippen molar-refractivity contribution >= 4 is 18.0 Å². The molecule has 0 bridgehead atoms. The third-order valence-electron chi connectivity index (χ3n) is 7.26. The quantitative estimate of drug-likeness (QED) is 0.577. The number of carbonyl (C=O) groups is 2. The van der Waals surface area contributed by atoms with Crippen LogP contribution in [-0.2, 0) is 9.59 Å². The van der Waals surface area contributed by atoms with Gasteiger partial charge in [0.25, 0.3) is 0 Å². The van der Waals surface area contributed by atoms with Crippen LogP contribution in [0.2, 0.25) is 0 Å². The third-order valence-corrected chi connectivity index (χ3v) is 7.26. The van der Waals surface area contributed by atoms with Gasteiger partial charge in [0.2, 0.25) is 11.8 Å². The Morgan fingerprint density at radius 3 is 2.42 bits per heavy atom. The second-order valence-electron chi connectivity index (χ2n) is 9.69. The van der Waals surface area contributed by atoms with Gasteiger partial charge in [-0.05, 0) is 39.8 Å². The van der Waals surface area contributed by atoms with Crippen LogP contribution < -0.4 is 0 Å². The van der Waals surface area contributed by atoms with Crippen LogP contribution in [0.4, 0.5) is 0 Å². The number of allylic oxidation sites excluding steroid dienone is 2. The molecule has 2 unspecified atom stereocenters. The van der Waals surface area contributed by atoms with Crippen molar-refractivity contribution in [3.05, 3.63) is 12.2 Å². The van der Waals surface area contributed by atoms with Crippen LogP contribution in [0.5, 0.6) is 0 Å². The molecule has 0 N–H and O–H groups in total. The Morgan fingerprint density at radius 1 is 1.03 bits per heavy atom. The molecule has 172 valence electrons. The fourth-order valence-electron chi connectivity index (χ4n) is 5.11. The fraction of sp³-hybridized carbons (Fsp3) is 0.783. The molecule has 31 heavy (non-hydrogen) atoms. The molecular formula is C23H38N6O2. The van der Waals surface area contributed by atoms with Crippen LogP contribution in [0.3, 0.4) is 0 Å². The van der Waals surface area contributed by atoms with Crippen molar-refractivity contribution in [3.63, 3.8) is 0 Å². The fourth-order valence-corrected chi connectivity index (χ4v) is 5.11. The summed E-state index contributed by atoms with van der Waals surface area (Å²) in [6, 6.07) is 0.125. The summed E-state index contributed by atoms with van der Waals surface area (Å²) in [5, 5.41) is 6.25. The molecule has 3 aliphatic heterocycles. The number of likely N-dealkylation sites (tertiary alicyclic amines) is 1. The van der Waals surface area contributed by atoms with Crippen molar-refractivity contribution in [2.24, 2.45) is 16.9 Å². The minimum atomic E-state index is 0.0542. The Balaban J connectivity index is 1.20. The first-order chi connectivity index (χ1) is 15.0. The highest BCUT2D eigenvalue weighted by atomic mass is 16.2. The van der Waals surface area contributed by atoms with Crippen molar-refractivity contribution in [2.45, 2.75) is 31.7 Å². The van der Waals surface area contributed by atoms with Gasteiger partial charge >= 0.3 is 0 Å². The highest BCUT2D eigenvalue weighted by Gasteiger charge is 2.39. The Bertz CT molecular complexity index is 692. The summed E-state index contributed by atoms with van der Waals surface area (Å²) in [4.78, 5) is 34.7. The summed E-state index contributed by atoms with van der Waals surface area (Å²) >= 11 is 0. The molecule has 2 atom stereocenters. The van der Waals surface area contributed by atoms with Crippen molar-refractivity contribution in [1.29, 1.82) is 0 Å². The van der Waals surface area contributed by atoms with E-state index in [2.05, 4.69) is 46.0 Å². The Kier molecular flexibility index (Phi) is 7.40. The first kappa shape index (κ1) is 22.4. The highest BCUT2D eigenvalue weighted by molar-refractivity contribution is 5.87. The molecule has 0 aromatic heterocycles. The zero-order valence-corrected chi connectivity index (χ0v) is 19.2. The van der Waals surface area contributed by atoms with E-state index in [1.807, 2.05) is 11.1 Å². The number of piperazine rings is 1. The van der Waals surface area contributed by atoms with Crippen molar-refractivity contribution in [2.75, 3.05) is 73.0 Å². The van der Waals surface area contributed by atoms with Crippen LogP contribution in [0, 0.1) is 11.8 Å². The van der Waals surface area contributed by atoms with E-state index in [0.717, 1.165) is 78.0 Å². The molecule has 3 heterocycles. The SMILES string of the molecule is CN(C)CCN1CCN(CC(=O)N2CCC(N3N=CC4CC=CCC4C3=O)CC2)CC1. The van der Waals surface area contributed by atoms with Gasteiger partial charge in [0.05, 0.1) is 18.5 Å². The van der Waals surface area contributed by atoms with Gasteiger partial charge < -0.3 is 9.80 Å². The normalized spacial score (nSPS) is 28.4. The molecule has 0 spiro atoms.